The van der Waals surface area contributed by atoms with Gasteiger partial charge in [-0.3, -0.25) is 0 Å². The van der Waals surface area contributed by atoms with E-state index in [0.717, 1.165) is 17.8 Å². The Morgan fingerprint density at radius 2 is 1.58 bits per heavy atom. The molecule has 0 saturated heterocycles. The van der Waals surface area contributed by atoms with Crippen molar-refractivity contribution in [2.45, 2.75) is 6.18 Å². The topological polar surface area (TPSA) is 29.3 Å². The van der Waals surface area contributed by atoms with Gasteiger partial charge in [0.2, 0.25) is 0 Å². The second-order valence-corrected chi connectivity index (χ2v) is 4.20. The van der Waals surface area contributed by atoms with Gasteiger partial charge in [-0.05, 0) is 42.5 Å². The molecule has 2 aromatic rings. The molecule has 0 heterocycles. The van der Waals surface area contributed by atoms with Crippen LogP contribution in [-0.4, -0.2) is 7.05 Å². The third kappa shape index (κ3) is 2.99. The zero-order valence-corrected chi connectivity index (χ0v) is 10.3. The molecule has 0 amide bonds. The molecular formula is C14H13F3N2. The molecule has 0 unspecified atom stereocenters. The van der Waals surface area contributed by atoms with E-state index in [4.69, 9.17) is 5.73 Å². The molecule has 5 heteroatoms. The lowest BCUT2D eigenvalue weighted by Gasteiger charge is -2.20. The molecular weight excluding hydrogens is 253 g/mol. The number of nitrogens with zero attached hydrogens (tertiary/aromatic N) is 1. The van der Waals surface area contributed by atoms with Crippen molar-refractivity contribution in [2.75, 3.05) is 17.7 Å². The summed E-state index contributed by atoms with van der Waals surface area (Å²) < 4.78 is 37.4. The Balaban J connectivity index is 2.27. The number of nitrogen functional groups attached to an aromatic ring is 1. The maximum absolute atomic E-state index is 12.5. The number of hydrogen-bond donors (Lipinski definition) is 1. The average molecular weight is 266 g/mol. The molecule has 0 aliphatic carbocycles. The van der Waals surface area contributed by atoms with Gasteiger partial charge in [0, 0.05) is 24.1 Å². The SMILES string of the molecule is CN(c1ccc(C(F)(F)F)cc1)c1cccc(N)c1. The molecule has 2 aromatic carbocycles. The Kier molecular flexibility index (Phi) is 3.38. The zero-order valence-electron chi connectivity index (χ0n) is 10.3. The van der Waals surface area contributed by atoms with Gasteiger partial charge in [0.25, 0.3) is 0 Å². The highest BCUT2D eigenvalue weighted by Crippen LogP contribution is 2.32. The highest BCUT2D eigenvalue weighted by Gasteiger charge is 2.30. The van der Waals surface area contributed by atoms with Crippen LogP contribution in [0.1, 0.15) is 5.56 Å². The third-order valence-corrected chi connectivity index (χ3v) is 2.84. The van der Waals surface area contributed by atoms with E-state index in [1.54, 1.807) is 30.1 Å². The fraction of sp³-hybridized carbons (Fsp3) is 0.143. The first-order chi connectivity index (χ1) is 8.88. The molecule has 0 bridgehead atoms. The number of hydrogen-bond acceptors (Lipinski definition) is 2. The van der Waals surface area contributed by atoms with E-state index in [-0.39, 0.29) is 0 Å². The van der Waals surface area contributed by atoms with Crippen molar-refractivity contribution < 1.29 is 13.2 Å². The van der Waals surface area contributed by atoms with Gasteiger partial charge >= 0.3 is 6.18 Å². The van der Waals surface area contributed by atoms with E-state index in [2.05, 4.69) is 0 Å². The average Bonchev–Trinajstić information content (AvgIpc) is 2.37. The van der Waals surface area contributed by atoms with E-state index in [1.807, 2.05) is 6.07 Å². The van der Waals surface area contributed by atoms with Crippen molar-refractivity contribution in [3.05, 3.63) is 54.1 Å². The van der Waals surface area contributed by atoms with E-state index in [1.165, 1.54) is 12.1 Å². The summed E-state index contributed by atoms with van der Waals surface area (Å²) in [6.07, 6.45) is -4.31. The molecule has 0 saturated carbocycles. The van der Waals surface area contributed by atoms with Crippen LogP contribution in [-0.2, 0) is 6.18 Å². The van der Waals surface area contributed by atoms with Crippen LogP contribution in [0.3, 0.4) is 0 Å². The van der Waals surface area contributed by atoms with Gasteiger partial charge in [0.05, 0.1) is 5.56 Å². The number of halogens is 3. The van der Waals surface area contributed by atoms with Crippen LogP contribution in [0.2, 0.25) is 0 Å². The molecule has 2 nitrogen and oxygen atoms in total. The number of rotatable bonds is 2. The lowest BCUT2D eigenvalue weighted by molar-refractivity contribution is -0.137. The molecule has 0 spiro atoms. The second-order valence-electron chi connectivity index (χ2n) is 4.20. The molecule has 0 aliphatic rings. The first kappa shape index (κ1) is 13.3. The van der Waals surface area contributed by atoms with Crippen molar-refractivity contribution in [1.82, 2.24) is 0 Å². The summed E-state index contributed by atoms with van der Waals surface area (Å²) in [5.74, 6) is 0. The van der Waals surface area contributed by atoms with Crippen LogP contribution in [0.25, 0.3) is 0 Å². The summed E-state index contributed by atoms with van der Waals surface area (Å²) >= 11 is 0. The summed E-state index contributed by atoms with van der Waals surface area (Å²) in [4.78, 5) is 1.77. The first-order valence-corrected chi connectivity index (χ1v) is 5.64. The van der Waals surface area contributed by atoms with E-state index in [9.17, 15) is 13.2 Å². The summed E-state index contributed by atoms with van der Waals surface area (Å²) in [5.41, 5.74) is 7.12. The Morgan fingerprint density at radius 1 is 0.947 bits per heavy atom. The number of alkyl halides is 3. The molecule has 0 aromatic heterocycles. The minimum Gasteiger partial charge on any atom is -0.399 e. The Hall–Kier alpha value is -2.17. The second kappa shape index (κ2) is 4.84. The predicted octanol–water partition coefficient (Wildman–Crippen LogP) is 4.06. The minimum atomic E-state index is -4.31. The van der Waals surface area contributed by atoms with E-state index in [0.29, 0.717) is 11.4 Å². The summed E-state index contributed by atoms with van der Waals surface area (Å²) in [5, 5.41) is 0. The molecule has 2 rings (SSSR count). The summed E-state index contributed by atoms with van der Waals surface area (Å²) in [6.45, 7) is 0. The molecule has 0 aliphatic heterocycles. The van der Waals surface area contributed by atoms with Gasteiger partial charge in [-0.1, -0.05) is 6.07 Å². The van der Waals surface area contributed by atoms with Gasteiger partial charge in [0.15, 0.2) is 0 Å². The normalized spacial score (nSPS) is 11.4. The molecule has 0 atom stereocenters. The zero-order chi connectivity index (χ0) is 14.0. The molecule has 0 radical (unpaired) electrons. The number of anilines is 3. The van der Waals surface area contributed by atoms with Crippen LogP contribution in [0.4, 0.5) is 30.2 Å². The lowest BCUT2D eigenvalue weighted by atomic mass is 10.2. The van der Waals surface area contributed by atoms with Gasteiger partial charge < -0.3 is 10.6 Å². The lowest BCUT2D eigenvalue weighted by Crippen LogP contribution is -2.10. The van der Waals surface area contributed by atoms with Gasteiger partial charge in [-0.2, -0.15) is 13.2 Å². The fourth-order valence-corrected chi connectivity index (χ4v) is 1.76. The van der Waals surface area contributed by atoms with Gasteiger partial charge in [-0.25, -0.2) is 0 Å². The van der Waals surface area contributed by atoms with Crippen LogP contribution >= 0.6 is 0 Å². The van der Waals surface area contributed by atoms with Gasteiger partial charge in [0.1, 0.15) is 0 Å². The third-order valence-electron chi connectivity index (χ3n) is 2.84. The largest absolute Gasteiger partial charge is 0.416 e. The van der Waals surface area contributed by atoms with Crippen molar-refractivity contribution >= 4 is 17.1 Å². The molecule has 2 N–H and O–H groups in total. The standard InChI is InChI=1S/C14H13F3N2/c1-19(13-4-2-3-11(18)9-13)12-7-5-10(6-8-12)14(15,16)17/h2-9H,18H2,1H3. The van der Waals surface area contributed by atoms with Crippen LogP contribution in [0.15, 0.2) is 48.5 Å². The van der Waals surface area contributed by atoms with Crippen molar-refractivity contribution in [2.24, 2.45) is 0 Å². The maximum atomic E-state index is 12.5. The van der Waals surface area contributed by atoms with Crippen molar-refractivity contribution in [3.63, 3.8) is 0 Å². The number of benzene rings is 2. The Bertz CT molecular complexity index is 562. The monoisotopic (exact) mass is 266 g/mol. The van der Waals surface area contributed by atoms with E-state index < -0.39 is 11.7 Å². The Labute approximate surface area is 109 Å². The summed E-state index contributed by atoms with van der Waals surface area (Å²) in [7, 11) is 1.78. The summed E-state index contributed by atoms with van der Waals surface area (Å²) in [6, 6.07) is 12.2. The van der Waals surface area contributed by atoms with Crippen LogP contribution < -0.4 is 10.6 Å². The molecule has 0 fully saturated rings. The Morgan fingerprint density at radius 3 is 2.11 bits per heavy atom. The van der Waals surface area contributed by atoms with E-state index >= 15 is 0 Å². The highest BCUT2D eigenvalue weighted by molar-refractivity contribution is 5.66. The van der Waals surface area contributed by atoms with Crippen LogP contribution in [0.5, 0.6) is 0 Å². The quantitative estimate of drug-likeness (QED) is 0.831. The molecule has 100 valence electrons. The van der Waals surface area contributed by atoms with Crippen LogP contribution in [0, 0.1) is 0 Å². The number of nitrogens with two attached hydrogens (primary N) is 1. The predicted molar refractivity (Wildman–Crippen MR) is 70.4 cm³/mol. The molecule has 19 heavy (non-hydrogen) atoms. The smallest absolute Gasteiger partial charge is 0.399 e. The van der Waals surface area contributed by atoms with Crippen molar-refractivity contribution in [3.8, 4) is 0 Å². The minimum absolute atomic E-state index is 0.608. The van der Waals surface area contributed by atoms with Crippen molar-refractivity contribution in [1.29, 1.82) is 0 Å². The highest BCUT2D eigenvalue weighted by atomic mass is 19.4. The first-order valence-electron chi connectivity index (χ1n) is 5.64. The fourth-order valence-electron chi connectivity index (χ4n) is 1.76. The maximum Gasteiger partial charge on any atom is 0.416 e. The van der Waals surface area contributed by atoms with Gasteiger partial charge in [-0.15, -0.1) is 0 Å².